The number of nitrogens with one attached hydrogen (secondary N) is 1. The van der Waals surface area contributed by atoms with Crippen molar-refractivity contribution in [1.29, 1.82) is 0 Å². The van der Waals surface area contributed by atoms with E-state index in [0.717, 1.165) is 30.6 Å². The third kappa shape index (κ3) is 4.02. The van der Waals surface area contributed by atoms with Crippen LogP contribution in [0.3, 0.4) is 0 Å². The minimum Gasteiger partial charge on any atom is -0.489 e. The Kier molecular flexibility index (Phi) is 5.03. The van der Waals surface area contributed by atoms with Crippen molar-refractivity contribution in [2.24, 2.45) is 0 Å². The van der Waals surface area contributed by atoms with E-state index < -0.39 is 0 Å². The molecule has 3 rings (SSSR count). The summed E-state index contributed by atoms with van der Waals surface area (Å²) in [5, 5.41) is 3.53. The molecule has 1 aromatic carbocycles. The van der Waals surface area contributed by atoms with E-state index in [1.165, 1.54) is 0 Å². The summed E-state index contributed by atoms with van der Waals surface area (Å²) >= 11 is 7.89. The Bertz CT molecular complexity index is 563. The van der Waals surface area contributed by atoms with Crippen LogP contribution in [0, 0.1) is 0 Å². The van der Waals surface area contributed by atoms with Crippen LogP contribution in [0.1, 0.15) is 31.7 Å². The molecule has 1 amide bonds. The third-order valence-electron chi connectivity index (χ3n) is 3.65. The molecule has 1 saturated carbocycles. The van der Waals surface area contributed by atoms with Gasteiger partial charge in [0.05, 0.1) is 23.5 Å². The monoisotopic (exact) mass is 341 g/mol. The lowest BCUT2D eigenvalue weighted by Gasteiger charge is -2.14. The van der Waals surface area contributed by atoms with Crippen molar-refractivity contribution in [2.75, 3.05) is 13.2 Å². The van der Waals surface area contributed by atoms with Gasteiger partial charge in [-0.05, 0) is 37.5 Å². The Labute approximate surface area is 139 Å². The van der Waals surface area contributed by atoms with Gasteiger partial charge in [-0.2, -0.15) is 0 Å². The Morgan fingerprint density at radius 1 is 1.41 bits per heavy atom. The summed E-state index contributed by atoms with van der Waals surface area (Å²) in [7, 11) is 0. The van der Waals surface area contributed by atoms with E-state index >= 15 is 0 Å². The van der Waals surface area contributed by atoms with E-state index in [0.29, 0.717) is 35.8 Å². The Balaban J connectivity index is 1.61. The second kappa shape index (κ2) is 7.01. The van der Waals surface area contributed by atoms with Gasteiger partial charge >= 0.3 is 0 Å². The molecule has 1 atom stereocenters. The normalized spacial score (nSPS) is 18.5. The van der Waals surface area contributed by atoms with Gasteiger partial charge in [-0.15, -0.1) is 11.8 Å². The van der Waals surface area contributed by atoms with Crippen LogP contribution in [0.2, 0.25) is 5.02 Å². The molecule has 22 heavy (non-hydrogen) atoms. The standard InChI is InChI=1S/C16H20ClNO3S/c1-10(16(19)18-12-3-4-12)22-9-11-7-13(17)15-14(8-11)20-5-2-6-21-15/h7-8,10,12H,2-6,9H2,1H3,(H,18,19). The molecule has 1 unspecified atom stereocenters. The van der Waals surface area contributed by atoms with Gasteiger partial charge in [0, 0.05) is 18.2 Å². The number of ether oxygens (including phenoxy) is 2. The Hall–Kier alpha value is -1.07. The van der Waals surface area contributed by atoms with E-state index in [-0.39, 0.29) is 11.2 Å². The first-order valence-corrected chi connectivity index (χ1v) is 9.06. The largest absolute Gasteiger partial charge is 0.489 e. The number of hydrogen-bond donors (Lipinski definition) is 1. The first-order chi connectivity index (χ1) is 10.6. The number of benzene rings is 1. The first-order valence-electron chi connectivity index (χ1n) is 7.63. The first kappa shape index (κ1) is 15.8. The molecule has 1 aliphatic heterocycles. The lowest BCUT2D eigenvalue weighted by Crippen LogP contribution is -2.32. The average Bonchev–Trinajstić information content (AvgIpc) is 3.31. The number of thioether (sulfide) groups is 1. The quantitative estimate of drug-likeness (QED) is 0.891. The molecule has 120 valence electrons. The highest BCUT2D eigenvalue weighted by Gasteiger charge is 2.25. The highest BCUT2D eigenvalue weighted by Crippen LogP contribution is 2.39. The summed E-state index contributed by atoms with van der Waals surface area (Å²) in [5.41, 5.74) is 1.05. The smallest absolute Gasteiger partial charge is 0.233 e. The molecule has 1 aliphatic carbocycles. The second-order valence-corrected chi connectivity index (χ2v) is 7.43. The topological polar surface area (TPSA) is 47.6 Å². The van der Waals surface area contributed by atoms with E-state index in [2.05, 4.69) is 5.32 Å². The highest BCUT2D eigenvalue weighted by molar-refractivity contribution is 7.99. The maximum Gasteiger partial charge on any atom is 0.233 e. The van der Waals surface area contributed by atoms with Gasteiger partial charge in [0.2, 0.25) is 5.91 Å². The maximum atomic E-state index is 12.0. The van der Waals surface area contributed by atoms with Crippen LogP contribution < -0.4 is 14.8 Å². The van der Waals surface area contributed by atoms with Gasteiger partial charge < -0.3 is 14.8 Å². The fourth-order valence-electron chi connectivity index (χ4n) is 2.21. The number of hydrogen-bond acceptors (Lipinski definition) is 4. The van der Waals surface area contributed by atoms with Gasteiger partial charge in [0.1, 0.15) is 0 Å². The van der Waals surface area contributed by atoms with Crippen LogP contribution in [0.5, 0.6) is 11.5 Å². The van der Waals surface area contributed by atoms with Crippen LogP contribution in [-0.2, 0) is 10.5 Å². The fraction of sp³-hybridized carbons (Fsp3) is 0.562. The number of halogens is 1. The van der Waals surface area contributed by atoms with Crippen molar-refractivity contribution < 1.29 is 14.3 Å². The van der Waals surface area contributed by atoms with Crippen LogP contribution in [0.15, 0.2) is 12.1 Å². The van der Waals surface area contributed by atoms with Crippen LogP contribution in [0.4, 0.5) is 0 Å². The minimum atomic E-state index is -0.0737. The van der Waals surface area contributed by atoms with E-state index in [1.807, 2.05) is 19.1 Å². The van der Waals surface area contributed by atoms with Crippen molar-refractivity contribution in [3.63, 3.8) is 0 Å². The zero-order chi connectivity index (χ0) is 15.5. The van der Waals surface area contributed by atoms with E-state index in [9.17, 15) is 4.79 Å². The Morgan fingerprint density at radius 2 is 2.18 bits per heavy atom. The number of rotatable bonds is 5. The molecule has 4 nitrogen and oxygen atoms in total. The molecular formula is C16H20ClNO3S. The molecular weight excluding hydrogens is 322 g/mol. The predicted octanol–water partition coefficient (Wildman–Crippen LogP) is 3.40. The molecule has 6 heteroatoms. The van der Waals surface area contributed by atoms with Crippen molar-refractivity contribution in [2.45, 2.75) is 43.2 Å². The summed E-state index contributed by atoms with van der Waals surface area (Å²) < 4.78 is 11.3. The number of amides is 1. The summed E-state index contributed by atoms with van der Waals surface area (Å²) in [5.74, 6) is 2.17. The van der Waals surface area contributed by atoms with Crippen molar-refractivity contribution >= 4 is 29.3 Å². The maximum absolute atomic E-state index is 12.0. The van der Waals surface area contributed by atoms with E-state index in [4.69, 9.17) is 21.1 Å². The highest BCUT2D eigenvalue weighted by atomic mass is 35.5. The van der Waals surface area contributed by atoms with E-state index in [1.54, 1.807) is 11.8 Å². The molecule has 0 saturated heterocycles. The summed E-state index contributed by atoms with van der Waals surface area (Å²) in [6.07, 6.45) is 3.08. The minimum absolute atomic E-state index is 0.0737. The van der Waals surface area contributed by atoms with Crippen molar-refractivity contribution in [1.82, 2.24) is 5.32 Å². The number of carbonyl (C=O) groups excluding carboxylic acids is 1. The van der Waals surface area contributed by atoms with Crippen molar-refractivity contribution in [3.05, 3.63) is 22.7 Å². The van der Waals surface area contributed by atoms with Gasteiger partial charge in [-0.3, -0.25) is 4.79 Å². The molecule has 0 spiro atoms. The zero-order valence-corrected chi connectivity index (χ0v) is 14.1. The molecule has 0 bridgehead atoms. The fourth-order valence-corrected chi connectivity index (χ4v) is 3.33. The molecule has 0 aromatic heterocycles. The number of carbonyl (C=O) groups is 1. The average molecular weight is 342 g/mol. The van der Waals surface area contributed by atoms with Crippen LogP contribution in [-0.4, -0.2) is 30.4 Å². The lowest BCUT2D eigenvalue weighted by atomic mass is 10.2. The second-order valence-electron chi connectivity index (χ2n) is 5.69. The predicted molar refractivity (Wildman–Crippen MR) is 89.0 cm³/mol. The molecule has 1 fully saturated rings. The van der Waals surface area contributed by atoms with Crippen LogP contribution >= 0.6 is 23.4 Å². The molecule has 0 radical (unpaired) electrons. The van der Waals surface area contributed by atoms with Gasteiger partial charge in [0.15, 0.2) is 11.5 Å². The SMILES string of the molecule is CC(SCc1cc(Cl)c2c(c1)OCCCO2)C(=O)NC1CC1. The molecule has 2 aliphatic rings. The lowest BCUT2D eigenvalue weighted by molar-refractivity contribution is -0.120. The Morgan fingerprint density at radius 3 is 2.95 bits per heavy atom. The molecule has 1 heterocycles. The third-order valence-corrected chi connectivity index (χ3v) is 5.15. The van der Waals surface area contributed by atoms with Gasteiger partial charge in [-0.25, -0.2) is 0 Å². The summed E-state index contributed by atoms with van der Waals surface area (Å²) in [6.45, 7) is 3.20. The summed E-state index contributed by atoms with van der Waals surface area (Å²) in [6, 6.07) is 4.27. The summed E-state index contributed by atoms with van der Waals surface area (Å²) in [4.78, 5) is 12.0. The molecule has 1 aromatic rings. The van der Waals surface area contributed by atoms with Gasteiger partial charge in [0.25, 0.3) is 0 Å². The van der Waals surface area contributed by atoms with Crippen molar-refractivity contribution in [3.8, 4) is 11.5 Å². The number of fused-ring (bicyclic) bond motifs is 1. The van der Waals surface area contributed by atoms with Crippen LogP contribution in [0.25, 0.3) is 0 Å². The molecule has 1 N–H and O–H groups in total. The zero-order valence-electron chi connectivity index (χ0n) is 12.6. The van der Waals surface area contributed by atoms with Gasteiger partial charge in [-0.1, -0.05) is 11.6 Å².